The summed E-state index contributed by atoms with van der Waals surface area (Å²) in [5.74, 6) is 3.51. The maximum Gasteiger partial charge on any atom is 0.133 e. The molecule has 2 rings (SSSR count). The molecule has 152 valence electrons. The SMILES string of the molecule is C=C(C)Oc1c(C(C)C)cc(-c2cc(C(C)C)cc(C(C)C)c2)cc1C(C)C. The molecule has 0 saturated heterocycles. The van der Waals surface area contributed by atoms with E-state index in [-0.39, 0.29) is 0 Å². The van der Waals surface area contributed by atoms with Crippen molar-refractivity contribution in [2.75, 3.05) is 0 Å². The van der Waals surface area contributed by atoms with Crippen LogP contribution in [0, 0.1) is 0 Å². The average Bonchev–Trinajstić information content (AvgIpc) is 2.60. The number of allylic oxidation sites excluding steroid dienone is 1. The van der Waals surface area contributed by atoms with Gasteiger partial charge in [0.05, 0.1) is 5.76 Å². The summed E-state index contributed by atoms with van der Waals surface area (Å²) in [4.78, 5) is 0. The lowest BCUT2D eigenvalue weighted by atomic mass is 9.86. The first-order valence-corrected chi connectivity index (χ1v) is 10.7. The molecule has 0 unspecified atom stereocenters. The quantitative estimate of drug-likeness (QED) is 0.437. The first kappa shape index (κ1) is 22.3. The lowest BCUT2D eigenvalue weighted by Crippen LogP contribution is -2.04. The molecule has 2 aromatic carbocycles. The van der Waals surface area contributed by atoms with Gasteiger partial charge in [0.2, 0.25) is 0 Å². The van der Waals surface area contributed by atoms with E-state index in [1.165, 1.54) is 33.4 Å². The van der Waals surface area contributed by atoms with Crippen LogP contribution in [0.4, 0.5) is 0 Å². The predicted molar refractivity (Wildman–Crippen MR) is 124 cm³/mol. The summed E-state index contributed by atoms with van der Waals surface area (Å²) >= 11 is 0. The van der Waals surface area contributed by atoms with Crippen LogP contribution in [0.3, 0.4) is 0 Å². The Morgan fingerprint density at radius 3 is 1.36 bits per heavy atom. The van der Waals surface area contributed by atoms with Crippen molar-refractivity contribution in [2.45, 2.75) is 86.0 Å². The Balaban J connectivity index is 2.77. The van der Waals surface area contributed by atoms with Crippen LogP contribution < -0.4 is 4.74 Å². The summed E-state index contributed by atoms with van der Waals surface area (Å²) in [6.07, 6.45) is 0. The van der Waals surface area contributed by atoms with Gasteiger partial charge in [-0.1, -0.05) is 80.2 Å². The van der Waals surface area contributed by atoms with Gasteiger partial charge < -0.3 is 4.74 Å². The van der Waals surface area contributed by atoms with Crippen LogP contribution >= 0.6 is 0 Å². The molecular weight excluding hydrogens is 340 g/mol. The van der Waals surface area contributed by atoms with E-state index < -0.39 is 0 Å². The molecule has 0 aliphatic heterocycles. The number of hydrogen-bond donors (Lipinski definition) is 0. The maximum absolute atomic E-state index is 6.12. The molecule has 0 aromatic heterocycles. The van der Waals surface area contributed by atoms with Crippen molar-refractivity contribution in [3.63, 3.8) is 0 Å². The van der Waals surface area contributed by atoms with Crippen molar-refractivity contribution in [1.29, 1.82) is 0 Å². The van der Waals surface area contributed by atoms with Crippen molar-refractivity contribution in [1.82, 2.24) is 0 Å². The van der Waals surface area contributed by atoms with E-state index in [0.717, 1.165) is 11.5 Å². The number of rotatable bonds is 7. The largest absolute Gasteiger partial charge is 0.462 e. The zero-order valence-corrected chi connectivity index (χ0v) is 19.3. The average molecular weight is 379 g/mol. The van der Waals surface area contributed by atoms with Gasteiger partial charge in [0, 0.05) is 0 Å². The van der Waals surface area contributed by atoms with Crippen molar-refractivity contribution >= 4 is 0 Å². The molecule has 1 heteroatoms. The van der Waals surface area contributed by atoms with E-state index in [1.54, 1.807) is 0 Å². The van der Waals surface area contributed by atoms with Gasteiger partial charge in [0.1, 0.15) is 5.75 Å². The minimum absolute atomic E-state index is 0.379. The smallest absolute Gasteiger partial charge is 0.133 e. The van der Waals surface area contributed by atoms with Crippen LogP contribution in [0.1, 0.15) is 108 Å². The number of ether oxygens (including phenoxy) is 1. The first-order chi connectivity index (χ1) is 13.0. The topological polar surface area (TPSA) is 9.23 Å². The molecule has 0 N–H and O–H groups in total. The molecule has 1 nitrogen and oxygen atoms in total. The van der Waals surface area contributed by atoms with Gasteiger partial charge in [-0.05, 0) is 76.1 Å². The molecule has 2 aromatic rings. The fourth-order valence-electron chi connectivity index (χ4n) is 3.50. The van der Waals surface area contributed by atoms with E-state index in [4.69, 9.17) is 4.74 Å². The van der Waals surface area contributed by atoms with Gasteiger partial charge in [-0.3, -0.25) is 0 Å². The van der Waals surface area contributed by atoms with Crippen LogP contribution in [0.15, 0.2) is 42.7 Å². The Hall–Kier alpha value is -2.02. The summed E-state index contributed by atoms with van der Waals surface area (Å²) < 4.78 is 6.12. The summed E-state index contributed by atoms with van der Waals surface area (Å²) in [5, 5.41) is 0. The number of hydrogen-bond acceptors (Lipinski definition) is 1. The Labute approximate surface area is 172 Å². The Kier molecular flexibility index (Phi) is 7.15. The normalized spacial score (nSPS) is 11.8. The first-order valence-electron chi connectivity index (χ1n) is 10.7. The van der Waals surface area contributed by atoms with Crippen molar-refractivity contribution in [2.24, 2.45) is 0 Å². The third-order valence-electron chi connectivity index (χ3n) is 5.31. The molecule has 0 bridgehead atoms. The van der Waals surface area contributed by atoms with Crippen LogP contribution in [-0.4, -0.2) is 0 Å². The zero-order chi connectivity index (χ0) is 21.2. The summed E-state index contributed by atoms with van der Waals surface area (Å²) in [6, 6.07) is 11.7. The molecule has 0 fully saturated rings. The molecule has 0 spiro atoms. The molecule has 0 heterocycles. The van der Waals surface area contributed by atoms with Gasteiger partial charge in [-0.25, -0.2) is 0 Å². The highest BCUT2D eigenvalue weighted by Gasteiger charge is 2.19. The fourth-order valence-corrected chi connectivity index (χ4v) is 3.50. The van der Waals surface area contributed by atoms with Gasteiger partial charge >= 0.3 is 0 Å². The third-order valence-corrected chi connectivity index (χ3v) is 5.31. The number of benzene rings is 2. The Bertz CT molecular complexity index is 782. The highest BCUT2D eigenvalue weighted by molar-refractivity contribution is 5.70. The second kappa shape index (κ2) is 8.99. The van der Waals surface area contributed by atoms with Gasteiger partial charge in [0.15, 0.2) is 0 Å². The standard InChI is InChI=1S/C27H38O/c1-16(2)21-11-22(17(3)4)13-23(12-21)24-14-25(18(5)6)27(28-20(9)10)26(15-24)19(7)8/h11-19H,9H2,1-8,10H3. The van der Waals surface area contributed by atoms with Crippen LogP contribution in [0.25, 0.3) is 11.1 Å². The van der Waals surface area contributed by atoms with Gasteiger partial charge in [-0.15, -0.1) is 0 Å². The molecule has 0 aliphatic rings. The summed E-state index contributed by atoms with van der Waals surface area (Å²) in [6.45, 7) is 23.9. The van der Waals surface area contributed by atoms with E-state index in [1.807, 2.05) is 6.92 Å². The molecule has 0 amide bonds. The van der Waals surface area contributed by atoms with Crippen molar-refractivity contribution in [3.8, 4) is 16.9 Å². The zero-order valence-electron chi connectivity index (χ0n) is 19.3. The summed E-state index contributed by atoms with van der Waals surface area (Å²) in [7, 11) is 0. The Morgan fingerprint density at radius 1 is 0.643 bits per heavy atom. The lowest BCUT2D eigenvalue weighted by Gasteiger charge is -2.22. The van der Waals surface area contributed by atoms with E-state index in [9.17, 15) is 0 Å². The fraction of sp³-hybridized carbons (Fsp3) is 0.481. The second-order valence-corrected chi connectivity index (χ2v) is 9.30. The van der Waals surface area contributed by atoms with Gasteiger partial charge in [0.25, 0.3) is 0 Å². The van der Waals surface area contributed by atoms with Crippen LogP contribution in [0.2, 0.25) is 0 Å². The minimum atomic E-state index is 0.379. The lowest BCUT2D eigenvalue weighted by molar-refractivity contribution is 0.415. The monoisotopic (exact) mass is 378 g/mol. The minimum Gasteiger partial charge on any atom is -0.462 e. The molecule has 0 atom stereocenters. The van der Waals surface area contributed by atoms with E-state index in [0.29, 0.717) is 23.7 Å². The predicted octanol–water partition coefficient (Wildman–Crippen LogP) is 8.76. The summed E-state index contributed by atoms with van der Waals surface area (Å²) in [5.41, 5.74) is 7.91. The molecule has 0 radical (unpaired) electrons. The Morgan fingerprint density at radius 2 is 1.04 bits per heavy atom. The van der Waals surface area contributed by atoms with E-state index >= 15 is 0 Å². The van der Waals surface area contributed by atoms with Crippen LogP contribution in [-0.2, 0) is 0 Å². The van der Waals surface area contributed by atoms with Crippen LogP contribution in [0.5, 0.6) is 5.75 Å². The second-order valence-electron chi connectivity index (χ2n) is 9.30. The van der Waals surface area contributed by atoms with Crippen molar-refractivity contribution < 1.29 is 4.74 Å². The molecule has 28 heavy (non-hydrogen) atoms. The molecular formula is C27H38O. The molecule has 0 saturated carbocycles. The van der Waals surface area contributed by atoms with Gasteiger partial charge in [-0.2, -0.15) is 0 Å². The molecule has 0 aliphatic carbocycles. The van der Waals surface area contributed by atoms with Crippen molar-refractivity contribution in [3.05, 3.63) is 64.9 Å². The highest BCUT2D eigenvalue weighted by Crippen LogP contribution is 2.40. The highest BCUT2D eigenvalue weighted by atomic mass is 16.5. The maximum atomic E-state index is 6.12. The van der Waals surface area contributed by atoms with E-state index in [2.05, 4.69) is 92.3 Å². The third kappa shape index (κ3) is 5.07.